The highest BCUT2D eigenvalue weighted by molar-refractivity contribution is 7.99. The average molecular weight is 350 g/mol. The number of hydrogen-bond donors (Lipinski definition) is 1. The molecule has 1 amide bonds. The highest BCUT2D eigenvalue weighted by atomic mass is 32.2. The van der Waals surface area contributed by atoms with Crippen LogP contribution in [-0.2, 0) is 4.79 Å². The molecule has 24 heavy (non-hydrogen) atoms. The molecule has 2 heterocycles. The Morgan fingerprint density at radius 2 is 2.04 bits per heavy atom. The number of carbonyl (C=O) groups excluding carboxylic acids is 1. The van der Waals surface area contributed by atoms with E-state index in [0.29, 0.717) is 35.0 Å². The second kappa shape index (κ2) is 7.88. The van der Waals surface area contributed by atoms with Crippen LogP contribution < -0.4 is 5.56 Å². The van der Waals surface area contributed by atoms with Crippen LogP contribution in [0, 0.1) is 6.92 Å². The molecule has 0 aliphatic heterocycles. The number of amides is 1. The van der Waals surface area contributed by atoms with Gasteiger partial charge in [0.2, 0.25) is 5.91 Å². The quantitative estimate of drug-likeness (QED) is 0.615. The summed E-state index contributed by atoms with van der Waals surface area (Å²) in [6, 6.07) is 1.90. The van der Waals surface area contributed by atoms with E-state index in [9.17, 15) is 9.59 Å². The van der Waals surface area contributed by atoms with Gasteiger partial charge in [0.1, 0.15) is 5.52 Å². The third-order valence-electron chi connectivity index (χ3n) is 4.26. The maximum atomic E-state index is 12.8. The van der Waals surface area contributed by atoms with Gasteiger partial charge in [-0.15, -0.1) is 0 Å². The molecular formula is C17H26N4O2S. The minimum Gasteiger partial charge on any atom is -0.353 e. The lowest BCUT2D eigenvalue weighted by atomic mass is 10.2. The number of H-pyrrole nitrogens is 1. The zero-order chi connectivity index (χ0) is 17.9. The van der Waals surface area contributed by atoms with E-state index >= 15 is 0 Å². The lowest BCUT2D eigenvalue weighted by Gasteiger charge is -2.20. The fraction of sp³-hybridized carbons (Fsp3) is 0.588. The Hall–Kier alpha value is -1.76. The second-order valence-corrected chi connectivity index (χ2v) is 6.84. The predicted octanol–water partition coefficient (Wildman–Crippen LogP) is 2.96. The summed E-state index contributed by atoms with van der Waals surface area (Å²) in [5.74, 6) is 0.361. The molecule has 0 bridgehead atoms. The fourth-order valence-corrected chi connectivity index (χ4v) is 3.66. The van der Waals surface area contributed by atoms with Gasteiger partial charge in [-0.1, -0.05) is 18.7 Å². The lowest BCUT2D eigenvalue weighted by Crippen LogP contribution is -2.32. The van der Waals surface area contributed by atoms with E-state index in [4.69, 9.17) is 0 Å². The molecule has 0 spiro atoms. The first kappa shape index (κ1) is 18.6. The molecule has 0 aromatic carbocycles. The molecule has 6 nitrogen and oxygen atoms in total. The van der Waals surface area contributed by atoms with E-state index in [1.54, 1.807) is 9.47 Å². The highest BCUT2D eigenvalue weighted by Gasteiger charge is 2.19. The summed E-state index contributed by atoms with van der Waals surface area (Å²) >= 11 is 1.34. The minimum atomic E-state index is -0.0692. The third kappa shape index (κ3) is 3.66. The lowest BCUT2D eigenvalue weighted by molar-refractivity contribution is -0.127. The van der Waals surface area contributed by atoms with Gasteiger partial charge in [0, 0.05) is 24.8 Å². The van der Waals surface area contributed by atoms with Gasteiger partial charge >= 0.3 is 0 Å². The number of aromatic amines is 1. The van der Waals surface area contributed by atoms with Crippen LogP contribution in [0.1, 0.15) is 45.9 Å². The zero-order valence-electron chi connectivity index (χ0n) is 15.0. The molecule has 0 saturated heterocycles. The summed E-state index contributed by atoms with van der Waals surface area (Å²) in [4.78, 5) is 34.6. The molecule has 1 N–H and O–H groups in total. The Bertz CT molecular complexity index is 777. The summed E-state index contributed by atoms with van der Waals surface area (Å²) in [5.41, 5.74) is 2.04. The molecule has 132 valence electrons. The van der Waals surface area contributed by atoms with Crippen LogP contribution >= 0.6 is 11.8 Å². The van der Waals surface area contributed by atoms with Crippen molar-refractivity contribution in [2.45, 2.75) is 52.2 Å². The smallest absolute Gasteiger partial charge is 0.278 e. The first-order chi connectivity index (χ1) is 11.4. The molecule has 0 saturated carbocycles. The van der Waals surface area contributed by atoms with E-state index in [0.717, 1.165) is 12.1 Å². The van der Waals surface area contributed by atoms with Gasteiger partial charge in [-0.3, -0.25) is 14.2 Å². The number of hydrogen-bond acceptors (Lipinski definition) is 4. The number of nitrogens with zero attached hydrogens (tertiary/aromatic N) is 3. The van der Waals surface area contributed by atoms with Crippen molar-refractivity contribution in [3.05, 3.63) is 22.1 Å². The van der Waals surface area contributed by atoms with Crippen LogP contribution in [0.4, 0.5) is 0 Å². The van der Waals surface area contributed by atoms with Crippen molar-refractivity contribution >= 4 is 28.7 Å². The SMILES string of the molecule is CC[C@H](C)n1c(SCC(=O)N(CC)CC)nc2cc(C)[nH]c2c1=O. The zero-order valence-corrected chi connectivity index (χ0v) is 15.9. The Morgan fingerprint density at radius 1 is 1.38 bits per heavy atom. The molecule has 0 unspecified atom stereocenters. The van der Waals surface area contributed by atoms with Gasteiger partial charge in [-0.2, -0.15) is 0 Å². The number of nitrogens with one attached hydrogen (secondary N) is 1. The molecule has 1 atom stereocenters. The first-order valence-corrected chi connectivity index (χ1v) is 9.43. The van der Waals surface area contributed by atoms with Crippen molar-refractivity contribution in [1.29, 1.82) is 0 Å². The number of fused-ring (bicyclic) bond motifs is 1. The predicted molar refractivity (Wildman–Crippen MR) is 98.7 cm³/mol. The Kier molecular flexibility index (Phi) is 6.10. The molecule has 2 rings (SSSR count). The number of aryl methyl sites for hydroxylation is 1. The maximum Gasteiger partial charge on any atom is 0.278 e. The summed E-state index contributed by atoms with van der Waals surface area (Å²) in [7, 11) is 0. The highest BCUT2D eigenvalue weighted by Crippen LogP contribution is 2.23. The largest absolute Gasteiger partial charge is 0.353 e. The normalized spacial score (nSPS) is 12.5. The molecule has 0 aliphatic carbocycles. The van der Waals surface area contributed by atoms with Gasteiger partial charge in [0.15, 0.2) is 5.16 Å². The van der Waals surface area contributed by atoms with E-state index in [1.807, 2.05) is 40.7 Å². The van der Waals surface area contributed by atoms with E-state index < -0.39 is 0 Å². The standard InChI is InChI=1S/C17H26N4O2S/c1-6-12(5)21-16(23)15-13(9-11(4)18-15)19-17(21)24-10-14(22)20(7-2)8-3/h9,12,18H,6-8,10H2,1-5H3/t12-/m0/s1. The minimum absolute atomic E-state index is 0.0315. The second-order valence-electron chi connectivity index (χ2n) is 5.89. The Labute approximate surface area is 146 Å². The van der Waals surface area contributed by atoms with E-state index in [2.05, 4.69) is 9.97 Å². The van der Waals surface area contributed by atoms with Crippen molar-refractivity contribution in [2.75, 3.05) is 18.8 Å². The molecule has 0 aliphatic rings. The van der Waals surface area contributed by atoms with Crippen LogP contribution in [-0.4, -0.2) is 44.2 Å². The monoisotopic (exact) mass is 350 g/mol. The van der Waals surface area contributed by atoms with Crippen molar-refractivity contribution in [3.63, 3.8) is 0 Å². The van der Waals surface area contributed by atoms with Gasteiger partial charge in [0.05, 0.1) is 11.3 Å². The topological polar surface area (TPSA) is 71.0 Å². The fourth-order valence-electron chi connectivity index (χ4n) is 2.66. The summed E-state index contributed by atoms with van der Waals surface area (Å²) in [5, 5.41) is 0.612. The summed E-state index contributed by atoms with van der Waals surface area (Å²) in [6.45, 7) is 11.3. The number of carbonyl (C=O) groups is 1. The van der Waals surface area contributed by atoms with Crippen LogP contribution in [0.2, 0.25) is 0 Å². The van der Waals surface area contributed by atoms with Crippen LogP contribution in [0.5, 0.6) is 0 Å². The molecule has 0 fully saturated rings. The van der Waals surface area contributed by atoms with Gasteiger partial charge in [0.25, 0.3) is 5.56 Å². The third-order valence-corrected chi connectivity index (χ3v) is 5.20. The van der Waals surface area contributed by atoms with Gasteiger partial charge in [-0.25, -0.2) is 4.98 Å². The van der Waals surface area contributed by atoms with Crippen molar-refractivity contribution in [1.82, 2.24) is 19.4 Å². The average Bonchev–Trinajstić information content (AvgIpc) is 2.94. The number of rotatable bonds is 7. The van der Waals surface area contributed by atoms with Gasteiger partial charge in [-0.05, 0) is 40.2 Å². The number of thioether (sulfide) groups is 1. The molecule has 0 radical (unpaired) electrons. The van der Waals surface area contributed by atoms with Crippen molar-refractivity contribution < 1.29 is 4.79 Å². The summed E-state index contributed by atoms with van der Waals surface area (Å²) in [6.07, 6.45) is 0.824. The molecular weight excluding hydrogens is 324 g/mol. The van der Waals surface area contributed by atoms with E-state index in [1.165, 1.54) is 11.8 Å². The van der Waals surface area contributed by atoms with Crippen molar-refractivity contribution in [2.24, 2.45) is 0 Å². The Balaban J connectivity index is 2.40. The first-order valence-electron chi connectivity index (χ1n) is 8.45. The molecule has 2 aromatic rings. The van der Waals surface area contributed by atoms with Crippen LogP contribution in [0.3, 0.4) is 0 Å². The van der Waals surface area contributed by atoms with Crippen LogP contribution in [0.25, 0.3) is 11.0 Å². The maximum absolute atomic E-state index is 12.8. The Morgan fingerprint density at radius 3 is 2.62 bits per heavy atom. The molecule has 2 aromatic heterocycles. The van der Waals surface area contributed by atoms with Gasteiger partial charge < -0.3 is 9.88 Å². The molecule has 7 heteroatoms. The van der Waals surface area contributed by atoms with Crippen molar-refractivity contribution in [3.8, 4) is 0 Å². The van der Waals surface area contributed by atoms with Crippen LogP contribution in [0.15, 0.2) is 16.0 Å². The summed E-state index contributed by atoms with van der Waals surface area (Å²) < 4.78 is 1.71. The number of aromatic nitrogens is 3. The van der Waals surface area contributed by atoms with E-state index in [-0.39, 0.29) is 17.5 Å².